The summed E-state index contributed by atoms with van der Waals surface area (Å²) in [5, 5.41) is 2.59. The lowest BCUT2D eigenvalue weighted by atomic mass is 10.3. The molecular weight excluding hydrogens is 519 g/mol. The molecule has 0 bridgehead atoms. The zero-order valence-electron chi connectivity index (χ0n) is 15.5. The summed E-state index contributed by atoms with van der Waals surface area (Å²) in [6.07, 6.45) is 0. The van der Waals surface area contributed by atoms with Gasteiger partial charge >= 0.3 is 0 Å². The van der Waals surface area contributed by atoms with Gasteiger partial charge in [-0.1, -0.05) is 18.2 Å². The number of benzene rings is 3. The molecule has 0 aliphatic carbocycles. The number of amides is 1. The van der Waals surface area contributed by atoms with Crippen LogP contribution in [0.5, 0.6) is 0 Å². The van der Waals surface area contributed by atoms with Crippen LogP contribution in [0.2, 0.25) is 0 Å². The molecule has 150 valence electrons. The van der Waals surface area contributed by atoms with Crippen molar-refractivity contribution in [3.8, 4) is 0 Å². The number of anilines is 2. The first kappa shape index (κ1) is 21.7. The van der Waals surface area contributed by atoms with Crippen molar-refractivity contribution in [3.63, 3.8) is 0 Å². The average Bonchev–Trinajstić information content (AvgIpc) is 2.71. The van der Waals surface area contributed by atoms with E-state index < -0.39 is 10.0 Å². The van der Waals surface area contributed by atoms with Crippen molar-refractivity contribution in [1.29, 1.82) is 0 Å². The van der Waals surface area contributed by atoms with Gasteiger partial charge in [0.2, 0.25) is 5.91 Å². The van der Waals surface area contributed by atoms with Crippen LogP contribution >= 0.6 is 34.4 Å². The Hall–Kier alpha value is -2.04. The fourth-order valence-corrected chi connectivity index (χ4v) is 4.76. The second-order valence-electron chi connectivity index (χ2n) is 6.20. The highest BCUT2D eigenvalue weighted by Crippen LogP contribution is 2.26. The molecule has 3 aromatic rings. The Morgan fingerprint density at radius 1 is 0.897 bits per heavy atom. The summed E-state index contributed by atoms with van der Waals surface area (Å²) < 4.78 is 28.4. The van der Waals surface area contributed by atoms with Gasteiger partial charge in [-0.15, -0.1) is 11.8 Å². The van der Waals surface area contributed by atoms with Gasteiger partial charge in [0.25, 0.3) is 10.0 Å². The number of nitrogens with one attached hydrogen (secondary N) is 2. The number of carbonyl (C=O) groups is 1. The number of halogens is 1. The van der Waals surface area contributed by atoms with Crippen LogP contribution in [-0.4, -0.2) is 19.6 Å². The normalized spacial score (nSPS) is 12.2. The minimum Gasteiger partial charge on any atom is -0.325 e. The molecule has 29 heavy (non-hydrogen) atoms. The maximum Gasteiger partial charge on any atom is 0.261 e. The van der Waals surface area contributed by atoms with Crippen molar-refractivity contribution in [2.75, 3.05) is 10.0 Å². The van der Waals surface area contributed by atoms with E-state index in [9.17, 15) is 13.2 Å². The number of sulfonamides is 1. The number of thioether (sulfide) groups is 1. The van der Waals surface area contributed by atoms with Crippen LogP contribution in [0.3, 0.4) is 0 Å². The molecule has 1 unspecified atom stereocenters. The highest BCUT2D eigenvalue weighted by molar-refractivity contribution is 14.1. The molecule has 5 nitrogen and oxygen atoms in total. The van der Waals surface area contributed by atoms with Gasteiger partial charge < -0.3 is 5.32 Å². The van der Waals surface area contributed by atoms with Gasteiger partial charge in [-0.05, 0) is 90.2 Å². The molecular formula is C21H19IN2O3S2. The number of carbonyl (C=O) groups excluding carboxylic acids is 1. The van der Waals surface area contributed by atoms with E-state index in [4.69, 9.17) is 0 Å². The van der Waals surface area contributed by atoms with Crippen molar-refractivity contribution in [2.24, 2.45) is 0 Å². The SMILES string of the molecule is CC(Sc1ccc(NS(=O)(=O)c2ccccc2)cc1)C(=O)Nc1ccc(I)cc1. The minimum atomic E-state index is -3.62. The van der Waals surface area contributed by atoms with Crippen molar-refractivity contribution < 1.29 is 13.2 Å². The molecule has 2 N–H and O–H groups in total. The molecule has 8 heteroatoms. The second-order valence-corrected chi connectivity index (χ2v) is 10.5. The minimum absolute atomic E-state index is 0.0925. The predicted octanol–water partition coefficient (Wildman–Crippen LogP) is 5.21. The van der Waals surface area contributed by atoms with Crippen LogP contribution in [0.15, 0.2) is 88.7 Å². The Morgan fingerprint density at radius 3 is 2.10 bits per heavy atom. The lowest BCUT2D eigenvalue weighted by molar-refractivity contribution is -0.115. The fourth-order valence-electron chi connectivity index (χ4n) is 2.45. The number of rotatable bonds is 7. The molecule has 0 aliphatic heterocycles. The van der Waals surface area contributed by atoms with Crippen molar-refractivity contribution in [1.82, 2.24) is 0 Å². The molecule has 1 atom stereocenters. The van der Waals surface area contributed by atoms with Crippen molar-refractivity contribution in [3.05, 3.63) is 82.4 Å². The summed E-state index contributed by atoms with van der Waals surface area (Å²) in [4.78, 5) is 13.5. The van der Waals surface area contributed by atoms with E-state index in [-0.39, 0.29) is 16.1 Å². The van der Waals surface area contributed by atoms with Crippen molar-refractivity contribution >= 4 is 61.7 Å². The third-order valence-corrected chi connectivity index (χ3v) is 7.18. The van der Waals surface area contributed by atoms with Gasteiger partial charge in [-0.25, -0.2) is 8.42 Å². The predicted molar refractivity (Wildman–Crippen MR) is 127 cm³/mol. The Morgan fingerprint density at radius 2 is 1.48 bits per heavy atom. The summed E-state index contributed by atoms with van der Waals surface area (Å²) >= 11 is 3.62. The maximum atomic E-state index is 12.4. The first-order valence-corrected chi connectivity index (χ1v) is 12.2. The molecule has 3 aromatic carbocycles. The van der Waals surface area contributed by atoms with Gasteiger partial charge in [0.05, 0.1) is 10.1 Å². The van der Waals surface area contributed by atoms with E-state index in [0.29, 0.717) is 5.69 Å². The first-order chi connectivity index (χ1) is 13.8. The second kappa shape index (κ2) is 9.64. The highest BCUT2D eigenvalue weighted by Gasteiger charge is 2.16. The Balaban J connectivity index is 1.59. The molecule has 0 fully saturated rings. The van der Waals surface area contributed by atoms with Crippen LogP contribution in [0.1, 0.15) is 6.92 Å². The lowest BCUT2D eigenvalue weighted by Gasteiger charge is -2.13. The zero-order chi connectivity index (χ0) is 20.9. The van der Waals surface area contributed by atoms with E-state index in [1.807, 2.05) is 31.2 Å². The molecule has 0 heterocycles. The van der Waals surface area contributed by atoms with Crippen LogP contribution in [0.4, 0.5) is 11.4 Å². The van der Waals surface area contributed by atoms with E-state index in [1.54, 1.807) is 54.6 Å². The summed E-state index contributed by atoms with van der Waals surface area (Å²) in [6.45, 7) is 1.83. The molecule has 3 rings (SSSR count). The van der Waals surface area contributed by atoms with Crippen LogP contribution in [0.25, 0.3) is 0 Å². The zero-order valence-corrected chi connectivity index (χ0v) is 19.3. The Kier molecular flexibility index (Phi) is 7.20. The molecule has 0 aromatic heterocycles. The van der Waals surface area contributed by atoms with Gasteiger partial charge in [-0.2, -0.15) is 0 Å². The summed E-state index contributed by atoms with van der Waals surface area (Å²) in [5.41, 5.74) is 1.22. The Bertz CT molecular complexity index is 1070. The molecule has 0 spiro atoms. The summed E-state index contributed by atoms with van der Waals surface area (Å²) in [6, 6.07) is 22.8. The van der Waals surface area contributed by atoms with Crippen molar-refractivity contribution in [2.45, 2.75) is 22.0 Å². The Labute approximate surface area is 188 Å². The average molecular weight is 538 g/mol. The first-order valence-electron chi connectivity index (χ1n) is 8.74. The van der Waals surface area contributed by atoms with Gasteiger partial charge in [0.1, 0.15) is 0 Å². The smallest absolute Gasteiger partial charge is 0.261 e. The molecule has 1 amide bonds. The van der Waals surface area contributed by atoms with Crippen LogP contribution in [-0.2, 0) is 14.8 Å². The number of hydrogen-bond donors (Lipinski definition) is 2. The monoisotopic (exact) mass is 538 g/mol. The molecule has 0 saturated heterocycles. The summed E-state index contributed by atoms with van der Waals surface area (Å²) in [5.74, 6) is -0.0925. The molecule has 0 radical (unpaired) electrons. The lowest BCUT2D eigenvalue weighted by Crippen LogP contribution is -2.22. The van der Waals surface area contributed by atoms with E-state index in [0.717, 1.165) is 14.2 Å². The topological polar surface area (TPSA) is 75.3 Å². The summed E-state index contributed by atoms with van der Waals surface area (Å²) in [7, 11) is -3.62. The standard InChI is InChI=1S/C21H19IN2O3S2/c1-15(21(25)23-17-9-7-16(22)8-10-17)28-19-13-11-18(12-14-19)24-29(26,27)20-5-3-2-4-6-20/h2-15,24H,1H3,(H,23,25). The van der Waals surface area contributed by atoms with Gasteiger partial charge in [0, 0.05) is 19.8 Å². The van der Waals surface area contributed by atoms with E-state index in [1.165, 1.54) is 11.8 Å². The van der Waals surface area contributed by atoms with Crippen LogP contribution < -0.4 is 10.0 Å². The quantitative estimate of drug-likeness (QED) is 0.320. The van der Waals surface area contributed by atoms with E-state index in [2.05, 4.69) is 32.6 Å². The maximum absolute atomic E-state index is 12.4. The third kappa shape index (κ3) is 6.22. The van der Waals surface area contributed by atoms with Gasteiger partial charge in [0.15, 0.2) is 0 Å². The third-order valence-electron chi connectivity index (χ3n) is 3.95. The van der Waals surface area contributed by atoms with Crippen LogP contribution in [0, 0.1) is 3.57 Å². The number of hydrogen-bond acceptors (Lipinski definition) is 4. The highest BCUT2D eigenvalue weighted by atomic mass is 127. The largest absolute Gasteiger partial charge is 0.325 e. The molecule has 0 aliphatic rings. The van der Waals surface area contributed by atoms with Gasteiger partial charge in [-0.3, -0.25) is 9.52 Å². The molecule has 0 saturated carbocycles. The van der Waals surface area contributed by atoms with E-state index >= 15 is 0 Å². The fraction of sp³-hybridized carbons (Fsp3) is 0.0952.